The van der Waals surface area contributed by atoms with Gasteiger partial charge in [0.2, 0.25) is 11.8 Å². The molecule has 0 spiro atoms. The number of anilines is 1. The van der Waals surface area contributed by atoms with E-state index in [1.165, 1.54) is 18.2 Å². The number of carbonyl (C=O) groups excluding carboxylic acids is 2. The lowest BCUT2D eigenvalue weighted by Gasteiger charge is -2.17. The van der Waals surface area contributed by atoms with Crippen molar-refractivity contribution in [2.24, 2.45) is 0 Å². The van der Waals surface area contributed by atoms with Crippen LogP contribution < -0.4 is 10.6 Å². The summed E-state index contributed by atoms with van der Waals surface area (Å²) in [6.07, 6.45) is -0.0909. The molecule has 7 heteroatoms. The van der Waals surface area contributed by atoms with E-state index in [1.807, 2.05) is 0 Å². The Bertz CT molecular complexity index is 538. The van der Waals surface area contributed by atoms with Gasteiger partial charge in [-0.1, -0.05) is 6.07 Å². The highest BCUT2D eigenvalue weighted by atomic mass is 19.1. The first-order valence-corrected chi connectivity index (χ1v) is 7.04. The number of ether oxygens (including phenoxy) is 2. The second kappa shape index (κ2) is 7.86. The van der Waals surface area contributed by atoms with Crippen LogP contribution in [0.2, 0.25) is 0 Å². The summed E-state index contributed by atoms with van der Waals surface area (Å²) >= 11 is 0. The van der Waals surface area contributed by atoms with E-state index in [1.54, 1.807) is 13.2 Å². The fraction of sp³-hybridized carbons (Fsp3) is 0.467. The number of carbonyl (C=O) groups is 2. The van der Waals surface area contributed by atoms with E-state index >= 15 is 0 Å². The van der Waals surface area contributed by atoms with E-state index in [0.29, 0.717) is 18.9 Å². The molecule has 0 aliphatic carbocycles. The molecule has 0 radical (unpaired) electrons. The Kier molecular flexibility index (Phi) is 5.85. The van der Waals surface area contributed by atoms with Crippen LogP contribution in [0.25, 0.3) is 0 Å². The number of halogens is 1. The zero-order valence-corrected chi connectivity index (χ0v) is 12.3. The van der Waals surface area contributed by atoms with Crippen molar-refractivity contribution >= 4 is 17.5 Å². The molecule has 0 aromatic heterocycles. The van der Waals surface area contributed by atoms with Crippen molar-refractivity contribution in [2.45, 2.75) is 25.0 Å². The van der Waals surface area contributed by atoms with Gasteiger partial charge in [0.1, 0.15) is 11.9 Å². The molecule has 0 unspecified atom stereocenters. The lowest BCUT2D eigenvalue weighted by molar-refractivity contribution is -0.125. The largest absolute Gasteiger partial charge is 0.377 e. The molecule has 1 saturated heterocycles. The summed E-state index contributed by atoms with van der Waals surface area (Å²) in [5.74, 6) is -1.01. The van der Waals surface area contributed by atoms with Crippen LogP contribution in [-0.4, -0.2) is 44.3 Å². The third-order valence-corrected chi connectivity index (χ3v) is 3.36. The molecule has 0 bridgehead atoms. The zero-order chi connectivity index (χ0) is 15.9. The van der Waals surface area contributed by atoms with E-state index in [2.05, 4.69) is 10.6 Å². The highest BCUT2D eigenvalue weighted by Gasteiger charge is 2.29. The topological polar surface area (TPSA) is 76.7 Å². The van der Waals surface area contributed by atoms with Crippen molar-refractivity contribution in [1.82, 2.24) is 5.32 Å². The summed E-state index contributed by atoms with van der Waals surface area (Å²) in [4.78, 5) is 23.5. The SMILES string of the molecule is CO[C@H]1COC[C@@H]1NC(=O)CCC(=O)Nc1cccc(F)c1. The molecular formula is C15H19FN2O4. The molecule has 1 fully saturated rings. The highest BCUT2D eigenvalue weighted by molar-refractivity contribution is 5.93. The maximum absolute atomic E-state index is 13.0. The van der Waals surface area contributed by atoms with Crippen molar-refractivity contribution < 1.29 is 23.5 Å². The van der Waals surface area contributed by atoms with Crippen LogP contribution in [-0.2, 0) is 19.1 Å². The number of benzene rings is 1. The van der Waals surface area contributed by atoms with E-state index in [0.717, 1.165) is 0 Å². The minimum Gasteiger partial charge on any atom is -0.377 e. The van der Waals surface area contributed by atoms with Crippen molar-refractivity contribution in [3.63, 3.8) is 0 Å². The van der Waals surface area contributed by atoms with Gasteiger partial charge in [-0.05, 0) is 18.2 Å². The van der Waals surface area contributed by atoms with Gasteiger partial charge in [0.25, 0.3) is 0 Å². The van der Waals surface area contributed by atoms with Gasteiger partial charge in [-0.15, -0.1) is 0 Å². The summed E-state index contributed by atoms with van der Waals surface area (Å²) in [6, 6.07) is 5.41. The first kappa shape index (κ1) is 16.4. The molecule has 6 nitrogen and oxygen atoms in total. The third kappa shape index (κ3) is 4.78. The van der Waals surface area contributed by atoms with Crippen molar-refractivity contribution in [3.8, 4) is 0 Å². The van der Waals surface area contributed by atoms with E-state index in [4.69, 9.17) is 9.47 Å². The minimum absolute atomic E-state index is 0.0214. The first-order chi connectivity index (χ1) is 10.6. The number of rotatable bonds is 6. The van der Waals surface area contributed by atoms with Crippen molar-refractivity contribution in [1.29, 1.82) is 0 Å². The van der Waals surface area contributed by atoms with Crippen LogP contribution >= 0.6 is 0 Å². The van der Waals surface area contributed by atoms with Gasteiger partial charge in [0.15, 0.2) is 0 Å². The molecule has 2 rings (SSSR count). The summed E-state index contributed by atoms with van der Waals surface area (Å²) < 4.78 is 23.4. The number of amides is 2. The van der Waals surface area contributed by atoms with Gasteiger partial charge in [-0.25, -0.2) is 4.39 Å². The Balaban J connectivity index is 1.72. The van der Waals surface area contributed by atoms with E-state index in [-0.39, 0.29) is 36.8 Å². The van der Waals surface area contributed by atoms with Crippen LogP contribution in [0, 0.1) is 5.82 Å². The summed E-state index contributed by atoms with van der Waals surface area (Å²) in [6.45, 7) is 0.848. The normalized spacial score (nSPS) is 20.6. The Morgan fingerprint density at radius 2 is 2.09 bits per heavy atom. The highest BCUT2D eigenvalue weighted by Crippen LogP contribution is 2.11. The Hall–Kier alpha value is -1.99. The van der Waals surface area contributed by atoms with Crippen LogP contribution in [0.5, 0.6) is 0 Å². The fourth-order valence-corrected chi connectivity index (χ4v) is 2.20. The molecule has 1 aromatic rings. The molecule has 2 amide bonds. The van der Waals surface area contributed by atoms with Gasteiger partial charge in [-0.2, -0.15) is 0 Å². The molecule has 120 valence electrons. The molecule has 2 N–H and O–H groups in total. The third-order valence-electron chi connectivity index (χ3n) is 3.36. The summed E-state index contributed by atoms with van der Waals surface area (Å²) in [5.41, 5.74) is 0.369. The maximum atomic E-state index is 13.0. The monoisotopic (exact) mass is 310 g/mol. The van der Waals surface area contributed by atoms with Gasteiger partial charge >= 0.3 is 0 Å². The molecular weight excluding hydrogens is 291 g/mol. The predicted molar refractivity (Wildman–Crippen MR) is 77.8 cm³/mol. The Morgan fingerprint density at radius 1 is 1.32 bits per heavy atom. The number of hydrogen-bond acceptors (Lipinski definition) is 4. The molecule has 1 aromatic carbocycles. The van der Waals surface area contributed by atoms with Crippen LogP contribution in [0.4, 0.5) is 10.1 Å². The molecule has 2 atom stereocenters. The smallest absolute Gasteiger partial charge is 0.224 e. The van der Waals surface area contributed by atoms with Gasteiger partial charge < -0.3 is 20.1 Å². The quantitative estimate of drug-likeness (QED) is 0.824. The number of methoxy groups -OCH3 is 1. The lowest BCUT2D eigenvalue weighted by Crippen LogP contribution is -2.43. The van der Waals surface area contributed by atoms with Crippen molar-refractivity contribution in [2.75, 3.05) is 25.6 Å². The molecule has 0 saturated carbocycles. The standard InChI is InChI=1S/C15H19FN2O4/c1-21-13-9-22-8-12(13)18-15(20)6-5-14(19)17-11-4-2-3-10(16)7-11/h2-4,7,12-13H,5-6,8-9H2,1H3,(H,17,19)(H,18,20)/t12-,13-/m0/s1. The minimum atomic E-state index is -0.428. The van der Waals surface area contributed by atoms with Gasteiger partial charge in [0.05, 0.1) is 19.3 Å². The van der Waals surface area contributed by atoms with Crippen LogP contribution in [0.1, 0.15) is 12.8 Å². The van der Waals surface area contributed by atoms with E-state index < -0.39 is 5.82 Å². The summed E-state index contributed by atoms with van der Waals surface area (Å²) in [7, 11) is 1.56. The van der Waals surface area contributed by atoms with Gasteiger partial charge in [-0.3, -0.25) is 9.59 Å². The molecule has 22 heavy (non-hydrogen) atoms. The number of hydrogen-bond donors (Lipinski definition) is 2. The van der Waals surface area contributed by atoms with Crippen molar-refractivity contribution in [3.05, 3.63) is 30.1 Å². The zero-order valence-electron chi connectivity index (χ0n) is 12.3. The van der Waals surface area contributed by atoms with Crippen LogP contribution in [0.15, 0.2) is 24.3 Å². The first-order valence-electron chi connectivity index (χ1n) is 7.04. The second-order valence-corrected chi connectivity index (χ2v) is 5.04. The van der Waals surface area contributed by atoms with E-state index in [9.17, 15) is 14.0 Å². The summed E-state index contributed by atoms with van der Waals surface area (Å²) in [5, 5.41) is 5.32. The number of nitrogens with one attached hydrogen (secondary N) is 2. The fourth-order valence-electron chi connectivity index (χ4n) is 2.20. The second-order valence-electron chi connectivity index (χ2n) is 5.04. The molecule has 1 aliphatic heterocycles. The Labute approximate surface area is 128 Å². The average Bonchev–Trinajstić information content (AvgIpc) is 2.92. The molecule has 1 aliphatic rings. The van der Waals surface area contributed by atoms with Gasteiger partial charge in [0, 0.05) is 25.6 Å². The van der Waals surface area contributed by atoms with Crippen LogP contribution in [0.3, 0.4) is 0 Å². The molecule has 1 heterocycles. The average molecular weight is 310 g/mol. The lowest BCUT2D eigenvalue weighted by atomic mass is 10.2. The Morgan fingerprint density at radius 3 is 2.82 bits per heavy atom. The predicted octanol–water partition coefficient (Wildman–Crippen LogP) is 1.07. The maximum Gasteiger partial charge on any atom is 0.224 e.